The molecule has 0 aliphatic rings. The van der Waals surface area contributed by atoms with Gasteiger partial charge in [-0.2, -0.15) is 0 Å². The molecule has 0 N–H and O–H groups in total. The molecule has 0 spiro atoms. The van der Waals surface area contributed by atoms with E-state index >= 15 is 0 Å². The Morgan fingerprint density at radius 2 is 0.646 bits per heavy atom. The van der Waals surface area contributed by atoms with Crippen molar-refractivity contribution in [1.82, 2.24) is 0 Å². The van der Waals surface area contributed by atoms with Crippen molar-refractivity contribution in [3.63, 3.8) is 0 Å². The largest absolute Gasteiger partial charge is 0.462 e. The Labute approximate surface area is 398 Å². The fraction of sp³-hybridized carbons (Fsp3) is 0.576. The first-order valence-corrected chi connectivity index (χ1v) is 25.7. The van der Waals surface area contributed by atoms with Gasteiger partial charge in [0.15, 0.2) is 6.10 Å². The van der Waals surface area contributed by atoms with Crippen LogP contribution in [0.4, 0.5) is 0 Å². The lowest BCUT2D eigenvalue weighted by Crippen LogP contribution is -2.30. The second kappa shape index (κ2) is 52.2. The zero-order valence-electron chi connectivity index (χ0n) is 41.4. The summed E-state index contributed by atoms with van der Waals surface area (Å²) in [4.78, 5) is 37.9. The lowest BCUT2D eigenvalue weighted by molar-refractivity contribution is -0.166. The van der Waals surface area contributed by atoms with E-state index in [-0.39, 0.29) is 50.4 Å². The van der Waals surface area contributed by atoms with E-state index in [1.165, 1.54) is 44.9 Å². The van der Waals surface area contributed by atoms with Crippen LogP contribution in [0.25, 0.3) is 0 Å². The highest BCUT2D eigenvalue weighted by Crippen LogP contribution is 2.12. The van der Waals surface area contributed by atoms with Crippen LogP contribution >= 0.6 is 0 Å². The first kappa shape index (κ1) is 60.5. The highest BCUT2D eigenvalue weighted by atomic mass is 16.6. The first-order chi connectivity index (χ1) is 32.0. The average molecular weight is 897 g/mol. The molecule has 0 amide bonds. The zero-order chi connectivity index (χ0) is 47.2. The molecule has 6 heteroatoms. The fourth-order valence-corrected chi connectivity index (χ4v) is 6.34. The van der Waals surface area contributed by atoms with Crippen molar-refractivity contribution < 1.29 is 28.6 Å². The van der Waals surface area contributed by atoms with E-state index in [1.807, 2.05) is 12.2 Å². The van der Waals surface area contributed by atoms with Crippen LogP contribution in [-0.2, 0) is 28.6 Å². The number of esters is 3. The minimum atomic E-state index is -0.838. The molecular formula is C59H92O6. The summed E-state index contributed by atoms with van der Waals surface area (Å²) in [5, 5.41) is 0. The summed E-state index contributed by atoms with van der Waals surface area (Å²) in [6, 6.07) is 0. The third-order valence-corrected chi connectivity index (χ3v) is 10.1. The van der Waals surface area contributed by atoms with Crippen molar-refractivity contribution in [2.75, 3.05) is 13.2 Å². The van der Waals surface area contributed by atoms with E-state index in [1.54, 1.807) is 0 Å². The van der Waals surface area contributed by atoms with Gasteiger partial charge in [-0.1, -0.05) is 199 Å². The zero-order valence-corrected chi connectivity index (χ0v) is 41.4. The molecule has 65 heavy (non-hydrogen) atoms. The molecule has 1 unspecified atom stereocenters. The maximum atomic E-state index is 12.8. The smallest absolute Gasteiger partial charge is 0.306 e. The van der Waals surface area contributed by atoms with Crippen LogP contribution in [0, 0.1) is 0 Å². The van der Waals surface area contributed by atoms with Gasteiger partial charge in [-0.25, -0.2) is 0 Å². The van der Waals surface area contributed by atoms with Gasteiger partial charge in [-0.15, -0.1) is 0 Å². The van der Waals surface area contributed by atoms with Crippen molar-refractivity contribution >= 4 is 17.9 Å². The van der Waals surface area contributed by atoms with E-state index < -0.39 is 6.10 Å². The number of unbranched alkanes of at least 4 members (excludes halogenated alkanes) is 11. The second-order valence-electron chi connectivity index (χ2n) is 16.3. The van der Waals surface area contributed by atoms with Gasteiger partial charge < -0.3 is 14.2 Å². The monoisotopic (exact) mass is 897 g/mol. The molecule has 6 nitrogen and oxygen atoms in total. The minimum Gasteiger partial charge on any atom is -0.462 e. The van der Waals surface area contributed by atoms with Gasteiger partial charge in [0.1, 0.15) is 13.2 Å². The van der Waals surface area contributed by atoms with E-state index in [2.05, 4.69) is 142 Å². The summed E-state index contributed by atoms with van der Waals surface area (Å²) in [5.41, 5.74) is 0. The molecule has 1 atom stereocenters. The number of carbonyl (C=O) groups excluding carboxylic acids is 3. The number of allylic oxidation sites excluding steroid dienone is 22. The molecule has 0 heterocycles. The van der Waals surface area contributed by atoms with Crippen LogP contribution in [0.2, 0.25) is 0 Å². The van der Waals surface area contributed by atoms with E-state index in [9.17, 15) is 14.4 Å². The lowest BCUT2D eigenvalue weighted by atomic mass is 10.1. The van der Waals surface area contributed by atoms with Crippen LogP contribution < -0.4 is 0 Å². The molecule has 0 aromatic rings. The molecule has 0 aliphatic heterocycles. The highest BCUT2D eigenvalue weighted by molar-refractivity contribution is 5.71. The predicted molar refractivity (Wildman–Crippen MR) is 279 cm³/mol. The maximum Gasteiger partial charge on any atom is 0.306 e. The highest BCUT2D eigenvalue weighted by Gasteiger charge is 2.19. The van der Waals surface area contributed by atoms with Gasteiger partial charge in [-0.3, -0.25) is 14.4 Å². The number of hydrogen-bond acceptors (Lipinski definition) is 6. The van der Waals surface area contributed by atoms with Crippen LogP contribution in [0.3, 0.4) is 0 Å². The average Bonchev–Trinajstić information content (AvgIpc) is 3.30. The van der Waals surface area contributed by atoms with Gasteiger partial charge in [0.2, 0.25) is 0 Å². The Hall–Kier alpha value is -4.45. The molecule has 0 rings (SSSR count). The Kier molecular flexibility index (Phi) is 48.6. The van der Waals surface area contributed by atoms with Crippen molar-refractivity contribution in [2.45, 2.75) is 207 Å². The van der Waals surface area contributed by atoms with Crippen LogP contribution in [0.15, 0.2) is 134 Å². The Morgan fingerprint density at radius 3 is 1.08 bits per heavy atom. The van der Waals surface area contributed by atoms with Crippen molar-refractivity contribution in [3.8, 4) is 0 Å². The predicted octanol–water partition coefficient (Wildman–Crippen LogP) is 17.1. The van der Waals surface area contributed by atoms with Crippen molar-refractivity contribution in [1.29, 1.82) is 0 Å². The van der Waals surface area contributed by atoms with Crippen molar-refractivity contribution in [2.24, 2.45) is 0 Å². The molecule has 0 saturated carbocycles. The number of ether oxygens (including phenoxy) is 3. The Bertz CT molecular complexity index is 1450. The summed E-state index contributed by atoms with van der Waals surface area (Å²) >= 11 is 0. The van der Waals surface area contributed by atoms with Crippen LogP contribution in [0.5, 0.6) is 0 Å². The minimum absolute atomic E-state index is 0.138. The summed E-state index contributed by atoms with van der Waals surface area (Å²) in [6.45, 7) is 6.24. The lowest BCUT2D eigenvalue weighted by Gasteiger charge is -2.18. The summed E-state index contributed by atoms with van der Waals surface area (Å²) in [7, 11) is 0. The third-order valence-electron chi connectivity index (χ3n) is 10.1. The number of carbonyl (C=O) groups is 3. The van der Waals surface area contributed by atoms with E-state index in [0.717, 1.165) is 103 Å². The Morgan fingerprint density at radius 1 is 0.323 bits per heavy atom. The molecule has 0 saturated heterocycles. The topological polar surface area (TPSA) is 78.9 Å². The molecule has 0 bridgehead atoms. The first-order valence-electron chi connectivity index (χ1n) is 25.7. The quantitative estimate of drug-likeness (QED) is 0.0262. The second-order valence-corrected chi connectivity index (χ2v) is 16.3. The summed E-state index contributed by atoms with van der Waals surface area (Å²) < 4.78 is 16.7. The van der Waals surface area contributed by atoms with E-state index in [4.69, 9.17) is 14.2 Å². The Balaban J connectivity index is 4.59. The van der Waals surface area contributed by atoms with Crippen LogP contribution in [-0.4, -0.2) is 37.2 Å². The molecule has 0 radical (unpaired) electrons. The van der Waals surface area contributed by atoms with E-state index in [0.29, 0.717) is 12.8 Å². The molecule has 0 aliphatic carbocycles. The van der Waals surface area contributed by atoms with Gasteiger partial charge in [-0.05, 0) is 116 Å². The fourth-order valence-electron chi connectivity index (χ4n) is 6.34. The van der Waals surface area contributed by atoms with Gasteiger partial charge in [0.05, 0.1) is 0 Å². The van der Waals surface area contributed by atoms with Crippen LogP contribution in [0.1, 0.15) is 201 Å². The molecule has 0 aromatic heterocycles. The number of rotatable bonds is 44. The van der Waals surface area contributed by atoms with Gasteiger partial charge >= 0.3 is 17.9 Å². The normalized spacial score (nSPS) is 13.2. The molecular weight excluding hydrogens is 805 g/mol. The molecule has 0 aromatic carbocycles. The van der Waals surface area contributed by atoms with Crippen molar-refractivity contribution in [3.05, 3.63) is 134 Å². The van der Waals surface area contributed by atoms with Gasteiger partial charge in [0, 0.05) is 19.3 Å². The summed E-state index contributed by atoms with van der Waals surface area (Å²) in [5.74, 6) is -1.09. The third kappa shape index (κ3) is 50.4. The van der Waals surface area contributed by atoms with Gasteiger partial charge in [0.25, 0.3) is 0 Å². The summed E-state index contributed by atoms with van der Waals surface area (Å²) in [6.07, 6.45) is 73.1. The molecule has 0 fully saturated rings. The number of hydrogen-bond donors (Lipinski definition) is 0. The SMILES string of the molecule is CC/C=C\C/C=C\C/C=C\C/C=C\C/C=C\CCCC(=O)OCC(COC(=O)CC/C=C\C/C=C\C/C=C\C/C=C\CC)OC(=O)CCCCCCCCC/C=C\C/C=C\CCCCC. The maximum absolute atomic E-state index is 12.8. The standard InChI is InChI=1S/C59H92O6/c1-4-7-10-13-16-19-22-25-27-29-31-34-37-40-43-46-49-52-58(61)64-55-56(54-63-57(60)51-48-45-42-39-36-33-24-21-18-15-12-9-6-3)65-59(62)53-50-47-44-41-38-35-32-30-28-26-23-20-17-14-11-8-5-2/h7,9-10,12,16-21,25-28,31,33-34,36,40,42-43,45,56H,4-6,8,11,13-15,22-24,29-30,32,35,37-39,41,44,46-55H2,1-3H3/b10-7-,12-9-,19-16-,20-17-,21-18-,27-25-,28-26-,34-31-,36-33-,43-40-,45-42-. The molecule has 364 valence electrons.